The van der Waals surface area contributed by atoms with E-state index in [0.29, 0.717) is 22.7 Å². The number of aryl methyl sites for hydroxylation is 1. The molecule has 2 aromatic carbocycles. The first-order valence-electron chi connectivity index (χ1n) is 10.8. The Kier molecular flexibility index (Phi) is 8.00. The number of rotatable bonds is 8. The smallest absolute Gasteiger partial charge is 0.277 e. The van der Waals surface area contributed by atoms with E-state index in [4.69, 9.17) is 4.74 Å². The van der Waals surface area contributed by atoms with Crippen LogP contribution in [0.25, 0.3) is 0 Å². The van der Waals surface area contributed by atoms with Gasteiger partial charge >= 0.3 is 0 Å². The van der Waals surface area contributed by atoms with Crippen LogP contribution in [0.1, 0.15) is 31.9 Å². The maximum absolute atomic E-state index is 14.7. The van der Waals surface area contributed by atoms with Crippen molar-refractivity contribution in [3.63, 3.8) is 0 Å². The van der Waals surface area contributed by atoms with Gasteiger partial charge in [-0.25, -0.2) is 9.82 Å². The number of nitrogens with one attached hydrogen (secondary N) is 1. The Morgan fingerprint density at radius 2 is 1.81 bits per heavy atom. The van der Waals surface area contributed by atoms with Crippen LogP contribution >= 0.6 is 0 Å². The summed E-state index contributed by atoms with van der Waals surface area (Å²) in [7, 11) is 0. The molecule has 0 aromatic heterocycles. The van der Waals surface area contributed by atoms with E-state index in [1.54, 1.807) is 13.0 Å². The summed E-state index contributed by atoms with van der Waals surface area (Å²) >= 11 is 0. The number of nitrogens with zero attached hydrogens (tertiary/aromatic N) is 3. The van der Waals surface area contributed by atoms with Crippen LogP contribution < -0.4 is 15.1 Å². The number of carbonyl (C=O) groups is 1. The second-order valence-electron chi connectivity index (χ2n) is 7.61. The summed E-state index contributed by atoms with van der Waals surface area (Å²) in [5.74, 6) is -0.0162. The molecule has 1 fully saturated rings. The first kappa shape index (κ1) is 22.7. The van der Waals surface area contributed by atoms with Crippen LogP contribution in [-0.2, 0) is 11.2 Å². The Labute approximate surface area is 183 Å². The number of carbonyl (C=O) groups excluding carboxylic acids is 1. The first-order chi connectivity index (χ1) is 15.0. The molecule has 0 radical (unpaired) electrons. The van der Waals surface area contributed by atoms with Crippen LogP contribution in [0, 0.1) is 5.82 Å². The molecule has 6 nitrogen and oxygen atoms in total. The second-order valence-corrected chi connectivity index (χ2v) is 7.61. The minimum atomic E-state index is -0.371. The van der Waals surface area contributed by atoms with Gasteiger partial charge in [0.05, 0.1) is 11.4 Å². The van der Waals surface area contributed by atoms with Gasteiger partial charge in [0.2, 0.25) is 0 Å². The quantitative estimate of drug-likeness (QED) is 0.519. The van der Waals surface area contributed by atoms with Crippen LogP contribution in [0.5, 0.6) is 5.75 Å². The lowest BCUT2D eigenvalue weighted by Crippen LogP contribution is -2.46. The average Bonchev–Trinajstić information content (AvgIpc) is 2.81. The van der Waals surface area contributed by atoms with Gasteiger partial charge in [-0.3, -0.25) is 4.79 Å². The van der Waals surface area contributed by atoms with E-state index in [1.807, 2.05) is 30.3 Å². The van der Waals surface area contributed by atoms with Crippen LogP contribution in [0.3, 0.4) is 0 Å². The molecule has 3 rings (SSSR count). The van der Waals surface area contributed by atoms with Gasteiger partial charge in [0.15, 0.2) is 6.61 Å². The molecule has 0 saturated carbocycles. The van der Waals surface area contributed by atoms with Crippen molar-refractivity contribution in [3.05, 3.63) is 59.4 Å². The molecule has 1 heterocycles. The number of anilines is 1. The molecule has 0 aliphatic carbocycles. The summed E-state index contributed by atoms with van der Waals surface area (Å²) in [4.78, 5) is 16.5. The van der Waals surface area contributed by atoms with E-state index in [0.717, 1.165) is 39.1 Å². The number of ether oxygens (including phenoxy) is 1. The molecule has 1 amide bonds. The van der Waals surface area contributed by atoms with Crippen molar-refractivity contribution in [3.8, 4) is 5.75 Å². The SMILES string of the molecule is CCc1ccc(OCC(=O)N/N=C(/C)c2ccc(N3CCN(CC)CC3)c(F)c2)cc1. The van der Waals surface area contributed by atoms with Gasteiger partial charge in [0, 0.05) is 31.7 Å². The van der Waals surface area contributed by atoms with Crippen molar-refractivity contribution in [2.45, 2.75) is 27.2 Å². The average molecular weight is 427 g/mol. The highest BCUT2D eigenvalue weighted by molar-refractivity contribution is 5.99. The number of likely N-dealkylation sites (N-methyl/N-ethyl adjacent to an activating group) is 1. The summed E-state index contributed by atoms with van der Waals surface area (Å²) in [6.07, 6.45) is 0.950. The summed E-state index contributed by atoms with van der Waals surface area (Å²) in [6.45, 7) is 10.3. The highest BCUT2D eigenvalue weighted by atomic mass is 19.1. The second kappa shape index (κ2) is 10.9. The van der Waals surface area contributed by atoms with Crippen LogP contribution in [0.2, 0.25) is 0 Å². The summed E-state index contributed by atoms with van der Waals surface area (Å²) in [5, 5.41) is 4.09. The van der Waals surface area contributed by atoms with Gasteiger partial charge < -0.3 is 14.5 Å². The Morgan fingerprint density at radius 3 is 2.42 bits per heavy atom. The zero-order chi connectivity index (χ0) is 22.2. The minimum absolute atomic E-state index is 0.140. The lowest BCUT2D eigenvalue weighted by atomic mass is 10.1. The third-order valence-corrected chi connectivity index (χ3v) is 5.58. The normalized spacial score (nSPS) is 15.1. The van der Waals surface area contributed by atoms with Crippen molar-refractivity contribution in [1.82, 2.24) is 10.3 Å². The standard InChI is InChI=1S/C24H31FN4O2/c1-4-19-6-9-21(10-7-19)31-17-24(30)27-26-18(3)20-8-11-23(22(25)16-20)29-14-12-28(5-2)13-15-29/h6-11,16H,4-5,12-15,17H2,1-3H3,(H,27,30)/b26-18-. The minimum Gasteiger partial charge on any atom is -0.484 e. The number of halogens is 1. The Morgan fingerprint density at radius 1 is 1.10 bits per heavy atom. The lowest BCUT2D eigenvalue weighted by Gasteiger charge is -2.35. The van der Waals surface area contributed by atoms with Crippen molar-refractivity contribution < 1.29 is 13.9 Å². The fourth-order valence-corrected chi connectivity index (χ4v) is 3.51. The largest absolute Gasteiger partial charge is 0.484 e. The molecule has 0 spiro atoms. The van der Waals surface area contributed by atoms with Crippen molar-refractivity contribution >= 4 is 17.3 Å². The predicted octanol–water partition coefficient (Wildman–Crippen LogP) is 3.45. The molecular formula is C24H31FN4O2. The highest BCUT2D eigenvalue weighted by Gasteiger charge is 2.19. The van der Waals surface area contributed by atoms with E-state index in [9.17, 15) is 9.18 Å². The van der Waals surface area contributed by atoms with Gasteiger partial charge in [-0.15, -0.1) is 0 Å². The van der Waals surface area contributed by atoms with Crippen LogP contribution in [-0.4, -0.2) is 55.8 Å². The number of amides is 1. The maximum Gasteiger partial charge on any atom is 0.277 e. The topological polar surface area (TPSA) is 57.2 Å². The Hall–Kier alpha value is -2.93. The molecule has 1 aliphatic heterocycles. The number of hydrogen-bond acceptors (Lipinski definition) is 5. The fraction of sp³-hybridized carbons (Fsp3) is 0.417. The summed E-state index contributed by atoms with van der Waals surface area (Å²) in [6, 6.07) is 12.7. The molecule has 0 bridgehead atoms. The van der Waals surface area contributed by atoms with E-state index < -0.39 is 0 Å². The third kappa shape index (κ3) is 6.28. The van der Waals surface area contributed by atoms with Gasteiger partial charge in [0.1, 0.15) is 11.6 Å². The lowest BCUT2D eigenvalue weighted by molar-refractivity contribution is -0.123. The van der Waals surface area contributed by atoms with Crippen LogP contribution in [0.4, 0.5) is 10.1 Å². The van der Waals surface area contributed by atoms with Crippen molar-refractivity contribution in [1.29, 1.82) is 0 Å². The fourth-order valence-electron chi connectivity index (χ4n) is 3.51. The monoisotopic (exact) mass is 426 g/mol. The Bertz CT molecular complexity index is 906. The molecule has 0 atom stereocenters. The summed E-state index contributed by atoms with van der Waals surface area (Å²) < 4.78 is 20.2. The maximum atomic E-state index is 14.7. The third-order valence-electron chi connectivity index (χ3n) is 5.58. The zero-order valence-corrected chi connectivity index (χ0v) is 18.5. The van der Waals surface area contributed by atoms with Crippen molar-refractivity contribution in [2.75, 3.05) is 44.2 Å². The molecule has 1 saturated heterocycles. The molecule has 1 N–H and O–H groups in total. The van der Waals surface area contributed by atoms with E-state index >= 15 is 0 Å². The van der Waals surface area contributed by atoms with E-state index in [1.165, 1.54) is 11.6 Å². The number of hydrogen-bond donors (Lipinski definition) is 1. The zero-order valence-electron chi connectivity index (χ0n) is 18.5. The highest BCUT2D eigenvalue weighted by Crippen LogP contribution is 2.22. The predicted molar refractivity (Wildman–Crippen MR) is 122 cm³/mol. The number of hydrazone groups is 1. The number of piperazine rings is 1. The molecule has 31 heavy (non-hydrogen) atoms. The molecule has 1 aliphatic rings. The van der Waals surface area contributed by atoms with Gasteiger partial charge in [-0.05, 0) is 49.7 Å². The molecule has 2 aromatic rings. The first-order valence-corrected chi connectivity index (χ1v) is 10.8. The molecule has 166 valence electrons. The van der Waals surface area contributed by atoms with Gasteiger partial charge in [0.25, 0.3) is 5.91 Å². The van der Waals surface area contributed by atoms with Crippen molar-refractivity contribution in [2.24, 2.45) is 5.10 Å². The molecule has 0 unspecified atom stereocenters. The van der Waals surface area contributed by atoms with Gasteiger partial charge in [-0.2, -0.15) is 5.10 Å². The summed E-state index contributed by atoms with van der Waals surface area (Å²) in [5.41, 5.74) is 5.44. The molecule has 7 heteroatoms. The molecular weight excluding hydrogens is 395 g/mol. The van der Waals surface area contributed by atoms with E-state index in [2.05, 4.69) is 34.2 Å². The number of benzene rings is 2. The Balaban J connectivity index is 1.53. The van der Waals surface area contributed by atoms with E-state index in [-0.39, 0.29) is 18.3 Å². The van der Waals surface area contributed by atoms with Crippen LogP contribution in [0.15, 0.2) is 47.6 Å². The van der Waals surface area contributed by atoms with Gasteiger partial charge in [-0.1, -0.05) is 32.0 Å².